The number of nitrogens with one attached hydrogen (secondary N) is 1. The van der Waals surface area contributed by atoms with E-state index in [1.165, 1.54) is 32.6 Å². The van der Waals surface area contributed by atoms with Gasteiger partial charge in [-0.25, -0.2) is 0 Å². The number of hydrogen-bond acceptors (Lipinski definition) is 6. The Bertz CT molecular complexity index is 514. The van der Waals surface area contributed by atoms with E-state index in [2.05, 4.69) is 12.2 Å². The van der Waals surface area contributed by atoms with E-state index in [-0.39, 0.29) is 24.5 Å². The Balaban J connectivity index is 1.73. The average Bonchev–Trinajstić information content (AvgIpc) is 2.75. The second-order valence-electron chi connectivity index (χ2n) is 9.80. The van der Waals surface area contributed by atoms with E-state index in [9.17, 15) is 20.1 Å². The van der Waals surface area contributed by atoms with Crippen LogP contribution in [0.2, 0.25) is 0 Å². The van der Waals surface area contributed by atoms with Crippen LogP contribution in [0.5, 0.6) is 0 Å². The molecule has 0 saturated heterocycles. The molecule has 0 bridgehead atoms. The summed E-state index contributed by atoms with van der Waals surface area (Å²) in [6.07, 6.45) is 8.42. The highest BCUT2D eigenvalue weighted by atomic mass is 16.5. The summed E-state index contributed by atoms with van der Waals surface area (Å²) < 4.78 is 5.69. The van der Waals surface area contributed by atoms with Crippen molar-refractivity contribution < 1.29 is 24.9 Å². The van der Waals surface area contributed by atoms with Crippen molar-refractivity contribution in [1.82, 2.24) is 5.32 Å². The Labute approximate surface area is 181 Å². The van der Waals surface area contributed by atoms with Gasteiger partial charge >= 0.3 is 0 Å². The zero-order chi connectivity index (χ0) is 22.1. The second kappa shape index (κ2) is 12.3. The molecule has 2 saturated carbocycles. The summed E-state index contributed by atoms with van der Waals surface area (Å²) in [5.74, 6) is 2.06. The molecular weight excluding hydrogens is 384 g/mol. The first-order valence-corrected chi connectivity index (χ1v) is 11.9. The van der Waals surface area contributed by atoms with Gasteiger partial charge in [-0.05, 0) is 69.7 Å². The van der Waals surface area contributed by atoms with E-state index in [1.54, 1.807) is 0 Å². The molecule has 0 aliphatic heterocycles. The van der Waals surface area contributed by atoms with Crippen molar-refractivity contribution in [2.75, 3.05) is 19.7 Å². The molecule has 2 aliphatic rings. The molecule has 2 aliphatic carbocycles. The molecule has 7 nitrogen and oxygen atoms in total. The van der Waals surface area contributed by atoms with Crippen LogP contribution >= 0.6 is 0 Å². The van der Waals surface area contributed by atoms with Gasteiger partial charge in [-0.3, -0.25) is 4.79 Å². The van der Waals surface area contributed by atoms with Crippen molar-refractivity contribution in [3.8, 4) is 0 Å². The molecule has 1 amide bonds. The van der Waals surface area contributed by atoms with E-state index in [1.807, 2.05) is 0 Å². The van der Waals surface area contributed by atoms with Crippen LogP contribution in [0, 0.1) is 23.7 Å². The molecule has 6 unspecified atom stereocenters. The highest BCUT2D eigenvalue weighted by Gasteiger charge is 2.33. The molecule has 30 heavy (non-hydrogen) atoms. The molecule has 2 fully saturated rings. The van der Waals surface area contributed by atoms with Crippen molar-refractivity contribution >= 4 is 5.91 Å². The van der Waals surface area contributed by atoms with Gasteiger partial charge in [0.2, 0.25) is 5.91 Å². The monoisotopic (exact) mass is 428 g/mol. The number of carbonyl (C=O) groups is 1. The summed E-state index contributed by atoms with van der Waals surface area (Å²) in [5, 5.41) is 31.4. The van der Waals surface area contributed by atoms with E-state index in [0.717, 1.165) is 44.6 Å². The Morgan fingerprint density at radius 2 is 1.93 bits per heavy atom. The lowest BCUT2D eigenvalue weighted by atomic mass is 9.73. The number of aliphatic hydroxyl groups is 3. The second-order valence-corrected chi connectivity index (χ2v) is 9.80. The van der Waals surface area contributed by atoms with Crippen LogP contribution in [-0.4, -0.2) is 58.9 Å². The predicted molar refractivity (Wildman–Crippen MR) is 116 cm³/mol. The van der Waals surface area contributed by atoms with Crippen molar-refractivity contribution in [2.24, 2.45) is 29.4 Å². The normalized spacial score (nSPS) is 30.6. The smallest absolute Gasteiger partial charge is 0.223 e. The van der Waals surface area contributed by atoms with Gasteiger partial charge in [0, 0.05) is 12.5 Å². The summed E-state index contributed by atoms with van der Waals surface area (Å²) in [4.78, 5) is 12.7. The molecule has 0 spiro atoms. The van der Waals surface area contributed by atoms with Gasteiger partial charge < -0.3 is 31.1 Å². The highest BCUT2D eigenvalue weighted by molar-refractivity contribution is 5.78. The minimum Gasteiger partial charge on any atom is -0.382 e. The van der Waals surface area contributed by atoms with Crippen molar-refractivity contribution in [3.63, 3.8) is 0 Å². The maximum Gasteiger partial charge on any atom is 0.223 e. The summed E-state index contributed by atoms with van der Waals surface area (Å²) in [7, 11) is 0. The molecule has 6 N–H and O–H groups in total. The van der Waals surface area contributed by atoms with Crippen molar-refractivity contribution in [1.29, 1.82) is 0 Å². The zero-order valence-electron chi connectivity index (χ0n) is 18.9. The molecule has 6 atom stereocenters. The standard InChI is InChI=1S/C23H44N2O5/c1-3-17(18-7-4-6-16(12-18)14-24)10-11-25-21(26)19-8-5-9-20(13-19)30-15-23(2,29)22(27)28/h16-20,22,27-29H,3-15,24H2,1-2H3,(H,25,26). The van der Waals surface area contributed by atoms with Gasteiger partial charge in [-0.15, -0.1) is 0 Å². The minimum atomic E-state index is -1.85. The number of amides is 1. The highest BCUT2D eigenvalue weighted by Crippen LogP contribution is 2.36. The van der Waals surface area contributed by atoms with Gasteiger partial charge in [0.1, 0.15) is 5.60 Å². The van der Waals surface area contributed by atoms with Crippen LogP contribution in [0.25, 0.3) is 0 Å². The van der Waals surface area contributed by atoms with E-state index in [4.69, 9.17) is 10.5 Å². The Kier molecular flexibility index (Phi) is 10.5. The lowest BCUT2D eigenvalue weighted by Crippen LogP contribution is -2.45. The summed E-state index contributed by atoms with van der Waals surface area (Å²) in [5.41, 5.74) is 4.19. The van der Waals surface area contributed by atoms with Gasteiger partial charge in [-0.1, -0.05) is 32.6 Å². The minimum absolute atomic E-state index is 0.0795. The molecule has 176 valence electrons. The first-order valence-electron chi connectivity index (χ1n) is 11.9. The van der Waals surface area contributed by atoms with Crippen LogP contribution in [-0.2, 0) is 9.53 Å². The van der Waals surface area contributed by atoms with Gasteiger partial charge in [-0.2, -0.15) is 0 Å². The zero-order valence-corrected chi connectivity index (χ0v) is 18.9. The fraction of sp³-hybridized carbons (Fsp3) is 0.957. The van der Waals surface area contributed by atoms with Crippen molar-refractivity contribution in [3.05, 3.63) is 0 Å². The fourth-order valence-corrected chi connectivity index (χ4v) is 5.17. The quantitative estimate of drug-likeness (QED) is 0.320. The topological polar surface area (TPSA) is 125 Å². The first kappa shape index (κ1) is 25.5. The van der Waals surface area contributed by atoms with E-state index in [0.29, 0.717) is 24.8 Å². The third kappa shape index (κ3) is 7.75. The first-order chi connectivity index (χ1) is 14.3. The maximum absolute atomic E-state index is 12.7. The van der Waals surface area contributed by atoms with Crippen molar-refractivity contribution in [2.45, 2.75) is 96.1 Å². The SMILES string of the molecule is CCC(CCNC(=O)C1CCCC(OCC(C)(O)C(O)O)C1)C1CCCC(CN)C1. The maximum atomic E-state index is 12.7. The van der Waals surface area contributed by atoms with Gasteiger partial charge in [0.05, 0.1) is 12.7 Å². The van der Waals surface area contributed by atoms with Crippen LogP contribution in [0.15, 0.2) is 0 Å². The summed E-state index contributed by atoms with van der Waals surface area (Å²) >= 11 is 0. The summed E-state index contributed by atoms with van der Waals surface area (Å²) in [6.45, 7) is 4.93. The number of ether oxygens (including phenoxy) is 1. The number of rotatable bonds is 11. The molecule has 0 aromatic carbocycles. The Hall–Kier alpha value is -0.730. The molecule has 0 aromatic rings. The van der Waals surface area contributed by atoms with Crippen LogP contribution in [0.3, 0.4) is 0 Å². The number of hydrogen-bond donors (Lipinski definition) is 5. The summed E-state index contributed by atoms with van der Waals surface area (Å²) in [6, 6.07) is 0. The van der Waals surface area contributed by atoms with Gasteiger partial charge in [0.25, 0.3) is 0 Å². The third-order valence-corrected chi connectivity index (χ3v) is 7.33. The fourth-order valence-electron chi connectivity index (χ4n) is 5.17. The Morgan fingerprint density at radius 1 is 1.20 bits per heavy atom. The predicted octanol–water partition coefficient (Wildman–Crippen LogP) is 1.92. The average molecular weight is 429 g/mol. The van der Waals surface area contributed by atoms with E-state index < -0.39 is 11.9 Å². The number of nitrogens with two attached hydrogens (primary N) is 1. The van der Waals surface area contributed by atoms with Crippen LogP contribution in [0.4, 0.5) is 0 Å². The molecular formula is C23H44N2O5. The number of carbonyl (C=O) groups excluding carboxylic acids is 1. The molecule has 0 radical (unpaired) electrons. The molecule has 0 heterocycles. The molecule has 0 aromatic heterocycles. The number of aliphatic hydroxyl groups excluding tert-OH is 1. The lowest BCUT2D eigenvalue weighted by molar-refractivity contribution is -0.205. The van der Waals surface area contributed by atoms with Crippen LogP contribution < -0.4 is 11.1 Å². The lowest BCUT2D eigenvalue weighted by Gasteiger charge is -2.34. The van der Waals surface area contributed by atoms with E-state index >= 15 is 0 Å². The largest absolute Gasteiger partial charge is 0.382 e. The molecule has 2 rings (SSSR count). The van der Waals surface area contributed by atoms with Gasteiger partial charge in [0.15, 0.2) is 6.29 Å². The molecule has 7 heteroatoms. The Morgan fingerprint density at radius 3 is 2.60 bits per heavy atom. The third-order valence-electron chi connectivity index (χ3n) is 7.33. The van der Waals surface area contributed by atoms with Crippen LogP contribution in [0.1, 0.15) is 78.1 Å².